The first kappa shape index (κ1) is 17.3. The van der Waals surface area contributed by atoms with Gasteiger partial charge in [0, 0.05) is 0 Å². The maximum absolute atomic E-state index is 12.0. The number of aromatic nitrogens is 2. The molecule has 0 aliphatic heterocycles. The smallest absolute Gasteiger partial charge is 0.277 e. The van der Waals surface area contributed by atoms with Gasteiger partial charge in [0.15, 0.2) is 0 Å². The molecule has 0 spiro atoms. The van der Waals surface area contributed by atoms with Crippen molar-refractivity contribution in [1.29, 1.82) is 0 Å². The fourth-order valence-electron chi connectivity index (χ4n) is 2.07. The highest BCUT2D eigenvalue weighted by Gasteiger charge is 2.14. The van der Waals surface area contributed by atoms with Gasteiger partial charge in [-0.15, -0.1) is 10.2 Å². The monoisotopic (exact) mass is 375 g/mol. The summed E-state index contributed by atoms with van der Waals surface area (Å²) in [6.07, 6.45) is 0. The van der Waals surface area contributed by atoms with E-state index in [1.807, 2.05) is 24.3 Å². The average Bonchev–Trinajstić information content (AvgIpc) is 3.11. The van der Waals surface area contributed by atoms with Gasteiger partial charge in [0.05, 0.1) is 29.1 Å². The van der Waals surface area contributed by atoms with E-state index in [1.165, 1.54) is 0 Å². The van der Waals surface area contributed by atoms with Crippen LogP contribution in [0.4, 0.5) is 5.69 Å². The number of thioether (sulfide) groups is 1. The van der Waals surface area contributed by atoms with Gasteiger partial charge in [0.2, 0.25) is 5.91 Å². The van der Waals surface area contributed by atoms with Crippen LogP contribution < -0.4 is 10.1 Å². The van der Waals surface area contributed by atoms with Gasteiger partial charge in [-0.05, 0) is 24.3 Å². The van der Waals surface area contributed by atoms with Crippen LogP contribution >= 0.6 is 23.4 Å². The minimum absolute atomic E-state index is 0.124. The minimum Gasteiger partial charge on any atom is -0.496 e. The van der Waals surface area contributed by atoms with Gasteiger partial charge >= 0.3 is 0 Å². The van der Waals surface area contributed by atoms with Gasteiger partial charge in [-0.3, -0.25) is 4.79 Å². The van der Waals surface area contributed by atoms with Crippen LogP contribution in [0.2, 0.25) is 5.02 Å². The van der Waals surface area contributed by atoms with Gasteiger partial charge in [0.25, 0.3) is 11.1 Å². The second-order valence-electron chi connectivity index (χ2n) is 4.89. The van der Waals surface area contributed by atoms with Crippen molar-refractivity contribution in [1.82, 2.24) is 10.2 Å². The zero-order chi connectivity index (χ0) is 17.6. The number of amides is 1. The standard InChI is InChI=1S/C17H14ClN3O3S/c1-23-14-9-5-2-6-11(14)16-20-21-17(24-16)25-10-15(22)19-13-8-4-3-7-12(13)18/h2-9H,10H2,1H3,(H,19,22). The number of nitrogens with zero attached hydrogens (tertiary/aromatic N) is 2. The Morgan fingerprint density at radius 1 is 1.20 bits per heavy atom. The van der Waals surface area contributed by atoms with Gasteiger partial charge < -0.3 is 14.5 Å². The van der Waals surface area contributed by atoms with Gasteiger partial charge in [0.1, 0.15) is 5.75 Å². The molecule has 1 N–H and O–H groups in total. The van der Waals surface area contributed by atoms with Gasteiger partial charge in [-0.2, -0.15) is 0 Å². The molecule has 0 saturated carbocycles. The Morgan fingerprint density at radius 2 is 1.96 bits per heavy atom. The Hall–Kier alpha value is -2.51. The lowest BCUT2D eigenvalue weighted by molar-refractivity contribution is -0.113. The van der Waals surface area contributed by atoms with Crippen molar-refractivity contribution in [2.75, 3.05) is 18.2 Å². The zero-order valence-corrected chi connectivity index (χ0v) is 14.8. The molecule has 0 aliphatic carbocycles. The fraction of sp³-hybridized carbons (Fsp3) is 0.118. The van der Waals surface area contributed by atoms with Crippen molar-refractivity contribution < 1.29 is 13.9 Å². The first-order valence-corrected chi connectivity index (χ1v) is 8.68. The zero-order valence-electron chi connectivity index (χ0n) is 13.2. The van der Waals surface area contributed by atoms with Crippen molar-refractivity contribution in [3.63, 3.8) is 0 Å². The summed E-state index contributed by atoms with van der Waals surface area (Å²) in [4.78, 5) is 12.0. The number of ether oxygens (including phenoxy) is 1. The summed E-state index contributed by atoms with van der Waals surface area (Å²) in [5, 5.41) is 11.5. The SMILES string of the molecule is COc1ccccc1-c1nnc(SCC(=O)Nc2ccccc2Cl)o1. The number of hydrogen-bond donors (Lipinski definition) is 1. The molecule has 8 heteroatoms. The largest absolute Gasteiger partial charge is 0.496 e. The molecule has 3 aromatic rings. The van der Waals surface area contributed by atoms with Crippen LogP contribution in [0.1, 0.15) is 0 Å². The average molecular weight is 376 g/mol. The normalized spacial score (nSPS) is 10.5. The number of rotatable bonds is 6. The minimum atomic E-state index is -0.213. The molecule has 0 aliphatic rings. The van der Waals surface area contributed by atoms with E-state index < -0.39 is 0 Å². The Balaban J connectivity index is 1.62. The first-order chi connectivity index (χ1) is 12.2. The lowest BCUT2D eigenvalue weighted by atomic mass is 10.2. The van der Waals surface area contributed by atoms with Crippen LogP contribution in [0.3, 0.4) is 0 Å². The molecule has 0 atom stereocenters. The highest BCUT2D eigenvalue weighted by Crippen LogP contribution is 2.30. The molecular weight excluding hydrogens is 362 g/mol. The predicted octanol–water partition coefficient (Wildman–Crippen LogP) is 4.13. The number of methoxy groups -OCH3 is 1. The van der Waals surface area contributed by atoms with E-state index in [1.54, 1.807) is 31.4 Å². The summed E-state index contributed by atoms with van der Waals surface area (Å²) < 4.78 is 10.9. The first-order valence-electron chi connectivity index (χ1n) is 7.31. The van der Waals surface area contributed by atoms with E-state index in [2.05, 4.69) is 15.5 Å². The molecule has 0 saturated heterocycles. The summed E-state index contributed by atoms with van der Waals surface area (Å²) in [6, 6.07) is 14.4. The van der Waals surface area contributed by atoms with E-state index in [9.17, 15) is 4.79 Å². The van der Waals surface area contributed by atoms with Crippen molar-refractivity contribution in [3.05, 3.63) is 53.6 Å². The van der Waals surface area contributed by atoms with Crippen LogP contribution in [0.15, 0.2) is 58.2 Å². The van der Waals surface area contributed by atoms with Crippen LogP contribution in [-0.2, 0) is 4.79 Å². The molecule has 6 nitrogen and oxygen atoms in total. The molecule has 0 unspecified atom stereocenters. The molecule has 1 heterocycles. The number of nitrogens with one attached hydrogen (secondary N) is 1. The number of hydrogen-bond acceptors (Lipinski definition) is 6. The van der Waals surface area contributed by atoms with E-state index in [0.717, 1.165) is 11.8 Å². The summed E-state index contributed by atoms with van der Waals surface area (Å²) in [5.74, 6) is 0.888. The number of benzene rings is 2. The van der Waals surface area contributed by atoms with Crippen molar-refractivity contribution in [2.24, 2.45) is 0 Å². The van der Waals surface area contributed by atoms with Crippen LogP contribution in [0, 0.1) is 0 Å². The summed E-state index contributed by atoms with van der Waals surface area (Å²) in [6.45, 7) is 0. The lowest BCUT2D eigenvalue weighted by Crippen LogP contribution is -2.14. The Labute approximate surface area is 153 Å². The lowest BCUT2D eigenvalue weighted by Gasteiger charge is -2.05. The van der Waals surface area contributed by atoms with Crippen molar-refractivity contribution in [2.45, 2.75) is 5.22 Å². The predicted molar refractivity (Wildman–Crippen MR) is 97.1 cm³/mol. The third-order valence-electron chi connectivity index (χ3n) is 3.22. The number of carbonyl (C=O) groups is 1. The number of halogens is 1. The maximum atomic E-state index is 12.0. The molecule has 0 radical (unpaired) electrons. The van der Waals surface area contributed by atoms with Crippen LogP contribution in [0.5, 0.6) is 5.75 Å². The molecule has 0 fully saturated rings. The molecule has 1 aromatic heterocycles. The molecule has 1 amide bonds. The van der Waals surface area contributed by atoms with Gasteiger partial charge in [-0.25, -0.2) is 0 Å². The van der Waals surface area contributed by atoms with E-state index in [4.69, 9.17) is 20.8 Å². The quantitative estimate of drug-likeness (QED) is 0.653. The van der Waals surface area contributed by atoms with Gasteiger partial charge in [-0.1, -0.05) is 47.6 Å². The maximum Gasteiger partial charge on any atom is 0.277 e. The Bertz CT molecular complexity index is 885. The fourth-order valence-corrected chi connectivity index (χ4v) is 2.82. The van der Waals surface area contributed by atoms with E-state index in [-0.39, 0.29) is 11.7 Å². The Morgan fingerprint density at radius 3 is 2.76 bits per heavy atom. The molecule has 128 valence electrons. The highest BCUT2D eigenvalue weighted by atomic mass is 35.5. The molecular formula is C17H14ClN3O3S. The van der Waals surface area contributed by atoms with E-state index >= 15 is 0 Å². The summed E-state index contributed by atoms with van der Waals surface area (Å²) in [5.41, 5.74) is 1.26. The van der Waals surface area contributed by atoms with Crippen LogP contribution in [0.25, 0.3) is 11.5 Å². The number of anilines is 1. The number of para-hydroxylation sites is 2. The third kappa shape index (κ3) is 4.32. The molecule has 3 rings (SSSR count). The van der Waals surface area contributed by atoms with Crippen LogP contribution in [-0.4, -0.2) is 29.0 Å². The summed E-state index contributed by atoms with van der Waals surface area (Å²) in [7, 11) is 1.57. The van der Waals surface area contributed by atoms with Crippen molar-refractivity contribution in [3.8, 4) is 17.2 Å². The molecule has 25 heavy (non-hydrogen) atoms. The second-order valence-corrected chi connectivity index (χ2v) is 6.22. The molecule has 0 bridgehead atoms. The number of carbonyl (C=O) groups excluding carboxylic acids is 1. The second kappa shape index (κ2) is 8.04. The van der Waals surface area contributed by atoms with E-state index in [0.29, 0.717) is 33.1 Å². The molecule has 2 aromatic carbocycles. The summed E-state index contributed by atoms with van der Waals surface area (Å²) >= 11 is 7.16. The third-order valence-corrected chi connectivity index (χ3v) is 4.37. The topological polar surface area (TPSA) is 77.2 Å². The van der Waals surface area contributed by atoms with Crippen molar-refractivity contribution >= 4 is 35.0 Å². The Kier molecular flexibility index (Phi) is 5.57. The highest BCUT2D eigenvalue weighted by molar-refractivity contribution is 7.99.